The average molecular weight is 206 g/mol. The van der Waals surface area contributed by atoms with Gasteiger partial charge in [-0.2, -0.15) is 0 Å². The van der Waals surface area contributed by atoms with Crippen molar-refractivity contribution in [3.63, 3.8) is 0 Å². The topological polar surface area (TPSA) is 110 Å². The number of ether oxygens (including phenoxy) is 1. The van der Waals surface area contributed by atoms with E-state index in [1.807, 2.05) is 0 Å². The molecule has 6 nitrogen and oxygen atoms in total. The molecule has 0 spiro atoms. The lowest BCUT2D eigenvalue weighted by Gasteiger charge is -2.43. The van der Waals surface area contributed by atoms with Crippen molar-refractivity contribution in [2.75, 3.05) is 6.61 Å². The van der Waals surface area contributed by atoms with Gasteiger partial charge in [0.2, 0.25) is 5.79 Å². The molecule has 0 aromatic heterocycles. The first-order valence-corrected chi connectivity index (χ1v) is 4.15. The summed E-state index contributed by atoms with van der Waals surface area (Å²) in [6, 6.07) is 0. The molecule has 82 valence electrons. The maximum Gasteiger partial charge on any atom is 0.215 e. The minimum absolute atomic E-state index is 0.582. The predicted molar refractivity (Wildman–Crippen MR) is 45.1 cm³/mol. The molecule has 6 heteroatoms. The Morgan fingerprint density at radius 2 is 1.86 bits per heavy atom. The molecule has 1 saturated heterocycles. The zero-order valence-corrected chi connectivity index (χ0v) is 7.45. The Morgan fingerprint density at radius 1 is 1.29 bits per heavy atom. The van der Waals surface area contributed by atoms with E-state index in [1.54, 1.807) is 0 Å². The van der Waals surface area contributed by atoms with Gasteiger partial charge in [-0.3, -0.25) is 0 Å². The molecule has 0 saturated carbocycles. The predicted octanol–water partition coefficient (Wildman–Crippen LogP) is -2.67. The summed E-state index contributed by atoms with van der Waals surface area (Å²) >= 11 is 0. The summed E-state index contributed by atoms with van der Waals surface area (Å²) in [6.45, 7) is 2.64. The summed E-state index contributed by atoms with van der Waals surface area (Å²) in [5, 5.41) is 46.3. The molecule has 0 aromatic carbocycles. The molecule has 0 radical (unpaired) electrons. The second-order valence-electron chi connectivity index (χ2n) is 3.22. The third kappa shape index (κ3) is 1.68. The summed E-state index contributed by atoms with van der Waals surface area (Å²) in [7, 11) is 0. The standard InChI is InChI=1S/C8H14O6/c1-2-8(13)7(12)6(11)5(10)4(3-9)14-8/h2,4-7,9-13H,1,3H2/t4-,5-,6+,7-,8+/m1/s1. The van der Waals surface area contributed by atoms with Crippen LogP contribution in [0.3, 0.4) is 0 Å². The lowest BCUT2D eigenvalue weighted by atomic mass is 9.93. The lowest BCUT2D eigenvalue weighted by molar-refractivity contribution is -0.327. The van der Waals surface area contributed by atoms with Crippen molar-refractivity contribution in [1.29, 1.82) is 0 Å². The van der Waals surface area contributed by atoms with Gasteiger partial charge in [0, 0.05) is 0 Å². The van der Waals surface area contributed by atoms with E-state index >= 15 is 0 Å². The van der Waals surface area contributed by atoms with Gasteiger partial charge in [-0.15, -0.1) is 0 Å². The molecule has 1 aliphatic heterocycles. The van der Waals surface area contributed by atoms with E-state index < -0.39 is 36.8 Å². The molecular formula is C8H14O6. The Balaban J connectivity index is 2.89. The molecule has 1 heterocycles. The Hall–Kier alpha value is -0.500. The first kappa shape index (κ1) is 11.6. The number of aliphatic hydroxyl groups is 5. The van der Waals surface area contributed by atoms with Crippen molar-refractivity contribution in [1.82, 2.24) is 0 Å². The Kier molecular flexibility index (Phi) is 3.25. The SMILES string of the molecule is C=C[C@]1(O)O[C@H](CO)[C@@H](O)[C@H](O)[C@H]1O. The van der Waals surface area contributed by atoms with Crippen LogP contribution < -0.4 is 0 Å². The molecule has 0 bridgehead atoms. The molecule has 5 atom stereocenters. The minimum Gasteiger partial charge on any atom is -0.394 e. The highest BCUT2D eigenvalue weighted by Gasteiger charge is 2.50. The number of hydrogen-bond donors (Lipinski definition) is 5. The summed E-state index contributed by atoms with van der Waals surface area (Å²) < 4.78 is 4.79. The van der Waals surface area contributed by atoms with Crippen molar-refractivity contribution < 1.29 is 30.3 Å². The van der Waals surface area contributed by atoms with E-state index in [4.69, 9.17) is 9.84 Å². The van der Waals surface area contributed by atoms with E-state index in [0.29, 0.717) is 0 Å². The van der Waals surface area contributed by atoms with Crippen LogP contribution in [0, 0.1) is 0 Å². The Labute approximate surface area is 80.7 Å². The van der Waals surface area contributed by atoms with Crippen LogP contribution >= 0.6 is 0 Å². The first-order valence-electron chi connectivity index (χ1n) is 4.15. The third-order valence-corrected chi connectivity index (χ3v) is 2.29. The summed E-state index contributed by atoms with van der Waals surface area (Å²) in [4.78, 5) is 0. The zero-order valence-electron chi connectivity index (χ0n) is 7.45. The van der Waals surface area contributed by atoms with Gasteiger partial charge in [0.05, 0.1) is 6.61 Å². The van der Waals surface area contributed by atoms with Crippen molar-refractivity contribution in [3.8, 4) is 0 Å². The van der Waals surface area contributed by atoms with Crippen molar-refractivity contribution in [2.45, 2.75) is 30.2 Å². The number of rotatable bonds is 2. The van der Waals surface area contributed by atoms with Gasteiger partial charge in [0.25, 0.3) is 0 Å². The van der Waals surface area contributed by atoms with Crippen LogP contribution in [0.1, 0.15) is 0 Å². The molecule has 0 aliphatic carbocycles. The van der Waals surface area contributed by atoms with Crippen LogP contribution in [0.2, 0.25) is 0 Å². The highest BCUT2D eigenvalue weighted by atomic mass is 16.7. The van der Waals surface area contributed by atoms with E-state index in [1.165, 1.54) is 0 Å². The van der Waals surface area contributed by atoms with Gasteiger partial charge < -0.3 is 30.3 Å². The molecule has 1 aliphatic rings. The zero-order chi connectivity index (χ0) is 10.9. The van der Waals surface area contributed by atoms with E-state index in [9.17, 15) is 20.4 Å². The van der Waals surface area contributed by atoms with Gasteiger partial charge >= 0.3 is 0 Å². The second kappa shape index (κ2) is 3.93. The molecular weight excluding hydrogens is 192 g/mol. The van der Waals surface area contributed by atoms with Crippen LogP contribution in [0.25, 0.3) is 0 Å². The van der Waals surface area contributed by atoms with Gasteiger partial charge in [-0.05, 0) is 6.08 Å². The Bertz CT molecular complexity index is 218. The van der Waals surface area contributed by atoms with E-state index in [2.05, 4.69) is 6.58 Å². The second-order valence-corrected chi connectivity index (χ2v) is 3.22. The molecule has 0 amide bonds. The van der Waals surface area contributed by atoms with Crippen LogP contribution in [0.5, 0.6) is 0 Å². The van der Waals surface area contributed by atoms with Crippen LogP contribution in [-0.2, 0) is 4.74 Å². The molecule has 0 unspecified atom stereocenters. The van der Waals surface area contributed by atoms with Crippen molar-refractivity contribution in [3.05, 3.63) is 12.7 Å². The molecule has 1 fully saturated rings. The normalized spacial score (nSPS) is 48.9. The van der Waals surface area contributed by atoms with Gasteiger partial charge in [0.15, 0.2) is 0 Å². The van der Waals surface area contributed by atoms with Gasteiger partial charge in [-0.25, -0.2) is 0 Å². The van der Waals surface area contributed by atoms with Gasteiger partial charge in [0.1, 0.15) is 24.4 Å². The summed E-state index contributed by atoms with van der Waals surface area (Å²) in [6.07, 6.45) is -5.00. The van der Waals surface area contributed by atoms with Gasteiger partial charge in [-0.1, -0.05) is 6.58 Å². The molecule has 1 rings (SSSR count). The number of aliphatic hydroxyl groups excluding tert-OH is 4. The molecule has 14 heavy (non-hydrogen) atoms. The highest BCUT2D eigenvalue weighted by Crippen LogP contribution is 2.28. The fraction of sp³-hybridized carbons (Fsp3) is 0.750. The fourth-order valence-corrected chi connectivity index (χ4v) is 1.35. The summed E-state index contributed by atoms with van der Waals surface area (Å²) in [5.74, 6) is -2.15. The van der Waals surface area contributed by atoms with E-state index in [0.717, 1.165) is 6.08 Å². The number of hydrogen-bond acceptors (Lipinski definition) is 6. The summed E-state index contributed by atoms with van der Waals surface area (Å²) in [5.41, 5.74) is 0. The maximum atomic E-state index is 9.57. The largest absolute Gasteiger partial charge is 0.394 e. The fourth-order valence-electron chi connectivity index (χ4n) is 1.35. The Morgan fingerprint density at radius 3 is 2.29 bits per heavy atom. The monoisotopic (exact) mass is 206 g/mol. The average Bonchev–Trinajstić information content (AvgIpc) is 2.20. The first-order chi connectivity index (χ1) is 6.46. The van der Waals surface area contributed by atoms with E-state index in [-0.39, 0.29) is 0 Å². The minimum atomic E-state index is -2.15. The quantitative estimate of drug-likeness (QED) is 0.315. The molecule has 5 N–H and O–H groups in total. The third-order valence-electron chi connectivity index (χ3n) is 2.29. The highest BCUT2D eigenvalue weighted by molar-refractivity contribution is 5.03. The van der Waals surface area contributed by atoms with Crippen molar-refractivity contribution in [2.24, 2.45) is 0 Å². The molecule has 0 aromatic rings. The van der Waals surface area contributed by atoms with Crippen LogP contribution in [0.4, 0.5) is 0 Å². The lowest BCUT2D eigenvalue weighted by Crippen LogP contribution is -2.64. The van der Waals surface area contributed by atoms with Crippen LogP contribution in [-0.4, -0.2) is 62.3 Å². The van der Waals surface area contributed by atoms with Crippen LogP contribution in [0.15, 0.2) is 12.7 Å². The van der Waals surface area contributed by atoms with Crippen molar-refractivity contribution >= 4 is 0 Å². The smallest absolute Gasteiger partial charge is 0.215 e. The maximum absolute atomic E-state index is 9.57.